The Bertz CT molecular complexity index is 1820. The average molecular weight is 743 g/mol. The second-order valence-electron chi connectivity index (χ2n) is 13.8. The number of amides is 2. The van der Waals surface area contributed by atoms with Gasteiger partial charge in [-0.2, -0.15) is 0 Å². The van der Waals surface area contributed by atoms with Crippen molar-refractivity contribution in [3.63, 3.8) is 0 Å². The van der Waals surface area contributed by atoms with Crippen LogP contribution in [0.1, 0.15) is 62.0 Å². The molecule has 0 aliphatic carbocycles. The number of nitrogens with one attached hydrogen (secondary N) is 1. The van der Waals surface area contributed by atoms with Gasteiger partial charge in [0.05, 0.1) is 31.7 Å². The quantitative estimate of drug-likeness (QED) is 0.228. The lowest BCUT2D eigenvalue weighted by molar-refractivity contribution is -0.153. The zero-order valence-electron chi connectivity index (χ0n) is 30.2. The summed E-state index contributed by atoms with van der Waals surface area (Å²) in [5, 5.41) is 14.4. The number of nitrogens with zero attached hydrogens (tertiary/aromatic N) is 1. The highest BCUT2D eigenvalue weighted by atomic mass is 35.5. The van der Waals surface area contributed by atoms with Crippen molar-refractivity contribution in [2.75, 3.05) is 26.2 Å². The Hall–Kier alpha value is -4.30. The molecule has 0 aromatic heterocycles. The normalized spacial score (nSPS) is 30.9. The van der Waals surface area contributed by atoms with Gasteiger partial charge in [-0.3, -0.25) is 19.7 Å². The molecule has 3 heterocycles. The number of fused-ring (bicyclic) bond motifs is 5. The minimum atomic E-state index is -1.85. The lowest BCUT2D eigenvalue weighted by Crippen LogP contribution is -2.63. The molecule has 280 valence electrons. The Labute approximate surface area is 306 Å². The molecule has 4 bridgehead atoms. The summed E-state index contributed by atoms with van der Waals surface area (Å²) in [4.78, 5) is 53.3. The summed E-state index contributed by atoms with van der Waals surface area (Å²) < 4.78 is 43.8. The van der Waals surface area contributed by atoms with E-state index >= 15 is 0 Å². The van der Waals surface area contributed by atoms with Crippen LogP contribution in [0.15, 0.2) is 54.1 Å². The summed E-state index contributed by atoms with van der Waals surface area (Å²) >= 11 is 6.72. The van der Waals surface area contributed by atoms with Crippen LogP contribution in [0.25, 0.3) is 0 Å². The molecule has 3 aliphatic heterocycles. The number of rotatable bonds is 6. The summed E-state index contributed by atoms with van der Waals surface area (Å²) in [6.07, 6.45) is 0.144. The molecule has 7 atom stereocenters. The number of hydrogen-bond donors (Lipinski definition) is 2. The summed E-state index contributed by atoms with van der Waals surface area (Å²) in [6.45, 7) is 6.65. The Morgan fingerprint density at radius 2 is 1.92 bits per heavy atom. The van der Waals surface area contributed by atoms with Gasteiger partial charge in [0.1, 0.15) is 40.5 Å². The number of allylic oxidation sites excluding steroid dienone is 3. The fraction of sp³-hybridized carbons (Fsp3) is 0.474. The molecule has 2 amide bonds. The molecule has 2 N–H and O–H groups in total. The zero-order valence-corrected chi connectivity index (χ0v) is 30.9. The number of ether oxygens (including phenoxy) is 5. The second-order valence-corrected chi connectivity index (χ2v) is 14.2. The number of esters is 1. The number of carbonyl (C=O) groups excluding carboxylic acids is 4. The SMILES string of the molecule is COc1cc2cc(c1Cl)N(C)C(=O)C[C@H](OC(=O)Cc1ccc(C(C)=O)cc1F)[C@]1(C)O[C@H]1[C@H](C)[C@@H]1C[C@@](O)(NC(=O)O1)[C@H](OC)/C=C/C=C(\C)C2. The van der Waals surface area contributed by atoms with Gasteiger partial charge < -0.3 is 33.7 Å². The van der Waals surface area contributed by atoms with Crippen molar-refractivity contribution in [3.05, 3.63) is 81.7 Å². The lowest BCUT2D eigenvalue weighted by Gasteiger charge is -2.42. The van der Waals surface area contributed by atoms with Crippen molar-refractivity contribution < 1.29 is 52.4 Å². The number of carbonyl (C=O) groups is 4. The van der Waals surface area contributed by atoms with E-state index in [1.165, 1.54) is 38.2 Å². The van der Waals surface area contributed by atoms with E-state index in [4.69, 9.17) is 35.3 Å². The van der Waals surface area contributed by atoms with Crippen LogP contribution in [0, 0.1) is 11.7 Å². The Morgan fingerprint density at radius 1 is 1.19 bits per heavy atom. The molecule has 5 rings (SSSR count). The van der Waals surface area contributed by atoms with Crippen LogP contribution < -0.4 is 15.0 Å². The van der Waals surface area contributed by atoms with Crippen molar-refractivity contribution >= 4 is 41.0 Å². The minimum absolute atomic E-state index is 0.00373. The van der Waals surface area contributed by atoms with Crippen LogP contribution in [0.4, 0.5) is 14.9 Å². The maximum absolute atomic E-state index is 14.9. The van der Waals surface area contributed by atoms with E-state index in [1.54, 1.807) is 45.2 Å². The van der Waals surface area contributed by atoms with Crippen LogP contribution in [0.3, 0.4) is 0 Å². The second kappa shape index (κ2) is 15.4. The van der Waals surface area contributed by atoms with E-state index in [0.717, 1.165) is 17.2 Å². The number of halogens is 2. The number of aliphatic hydroxyl groups is 1. The van der Waals surface area contributed by atoms with Gasteiger partial charge in [-0.05, 0) is 56.5 Å². The van der Waals surface area contributed by atoms with Crippen molar-refractivity contribution in [3.8, 4) is 5.75 Å². The highest BCUT2D eigenvalue weighted by Gasteiger charge is 2.64. The molecule has 0 saturated carbocycles. The average Bonchev–Trinajstić information content (AvgIpc) is 3.78. The fourth-order valence-electron chi connectivity index (χ4n) is 6.87. The predicted molar refractivity (Wildman–Crippen MR) is 189 cm³/mol. The van der Waals surface area contributed by atoms with Crippen LogP contribution in [-0.2, 0) is 41.4 Å². The molecule has 2 saturated heterocycles. The number of ketones is 1. The third kappa shape index (κ3) is 8.17. The third-order valence-corrected chi connectivity index (χ3v) is 10.4. The van der Waals surface area contributed by atoms with Crippen molar-refractivity contribution in [1.82, 2.24) is 5.32 Å². The molecule has 14 heteroatoms. The number of Topliss-reactive ketones (excluding diaryl/α,β-unsaturated/α-hetero) is 1. The molecular formula is C38H44ClFN2O10. The molecule has 2 fully saturated rings. The van der Waals surface area contributed by atoms with E-state index in [9.17, 15) is 28.7 Å². The van der Waals surface area contributed by atoms with Crippen LogP contribution in [-0.4, -0.2) is 85.9 Å². The van der Waals surface area contributed by atoms with E-state index in [1.807, 2.05) is 13.0 Å². The predicted octanol–water partition coefficient (Wildman–Crippen LogP) is 5.25. The molecular weight excluding hydrogens is 699 g/mol. The smallest absolute Gasteiger partial charge is 0.409 e. The van der Waals surface area contributed by atoms with Gasteiger partial charge >= 0.3 is 12.1 Å². The summed E-state index contributed by atoms with van der Waals surface area (Å²) in [5.41, 5.74) is -0.893. The Kier molecular flexibility index (Phi) is 11.5. The van der Waals surface area contributed by atoms with Gasteiger partial charge in [0, 0.05) is 32.1 Å². The molecule has 52 heavy (non-hydrogen) atoms. The summed E-state index contributed by atoms with van der Waals surface area (Å²) in [5.74, 6) is -2.60. The lowest BCUT2D eigenvalue weighted by atomic mass is 9.83. The zero-order chi connectivity index (χ0) is 38.1. The molecule has 0 radical (unpaired) electrons. The van der Waals surface area contributed by atoms with Gasteiger partial charge in [0.25, 0.3) is 0 Å². The van der Waals surface area contributed by atoms with Gasteiger partial charge in [0.15, 0.2) is 11.5 Å². The number of benzene rings is 2. The van der Waals surface area contributed by atoms with Gasteiger partial charge in [-0.25, -0.2) is 9.18 Å². The van der Waals surface area contributed by atoms with E-state index < -0.39 is 71.9 Å². The first-order valence-electron chi connectivity index (χ1n) is 16.9. The fourth-order valence-corrected chi connectivity index (χ4v) is 7.18. The first kappa shape index (κ1) is 38.9. The molecule has 0 unspecified atom stereocenters. The maximum atomic E-state index is 14.9. The van der Waals surface area contributed by atoms with Gasteiger partial charge in [-0.15, -0.1) is 0 Å². The highest BCUT2D eigenvalue weighted by molar-refractivity contribution is 6.35. The first-order valence-corrected chi connectivity index (χ1v) is 17.2. The maximum Gasteiger partial charge on any atom is 0.409 e. The van der Waals surface area contributed by atoms with Crippen LogP contribution >= 0.6 is 11.6 Å². The Morgan fingerprint density at radius 3 is 2.58 bits per heavy atom. The van der Waals surface area contributed by atoms with Crippen LogP contribution in [0.5, 0.6) is 5.75 Å². The van der Waals surface area contributed by atoms with E-state index in [2.05, 4.69) is 5.32 Å². The first-order chi connectivity index (χ1) is 24.5. The monoisotopic (exact) mass is 742 g/mol. The largest absolute Gasteiger partial charge is 0.495 e. The van der Waals surface area contributed by atoms with Crippen molar-refractivity contribution in [2.24, 2.45) is 5.92 Å². The summed E-state index contributed by atoms with van der Waals surface area (Å²) in [7, 11) is 4.43. The number of alkyl carbamates (subject to hydrolysis) is 1. The third-order valence-electron chi connectivity index (χ3n) is 10.0. The van der Waals surface area contributed by atoms with E-state index in [-0.39, 0.29) is 34.8 Å². The number of methoxy groups -OCH3 is 2. The van der Waals surface area contributed by atoms with Crippen molar-refractivity contribution in [2.45, 2.75) is 89.1 Å². The topological polar surface area (TPSA) is 153 Å². The number of hydrogen-bond acceptors (Lipinski definition) is 10. The summed E-state index contributed by atoms with van der Waals surface area (Å²) in [6, 6.07) is 7.35. The van der Waals surface area contributed by atoms with Gasteiger partial charge in [-0.1, -0.05) is 54.5 Å². The number of anilines is 1. The number of epoxide rings is 1. The Balaban J connectivity index is 1.53. The molecule has 2 aromatic rings. The molecule has 3 aliphatic rings. The van der Waals surface area contributed by atoms with Crippen molar-refractivity contribution in [1.29, 1.82) is 0 Å². The molecule has 0 spiro atoms. The molecule has 12 nitrogen and oxygen atoms in total. The standard InChI is InChI=1S/C38H44ClFN2O10/c1-20-9-8-10-30(49-7)38(47)19-29(50-36(46)41-38)21(2)35-37(4,52-35)31(51-33(45)17-25-12-11-24(22(3)43)16-26(25)40)18-32(44)42(5)27-14-23(13-20)15-28(48-6)34(27)39/h8-12,14-16,21,29-31,35,47H,13,17-19H2,1-7H3,(H,41,46)/b10-8+,20-9+/t21-,29+,30-,31+,35+,37+,38+/m1/s1. The van der Waals surface area contributed by atoms with Gasteiger partial charge in [0.2, 0.25) is 5.91 Å². The van der Waals surface area contributed by atoms with Crippen LogP contribution in [0.2, 0.25) is 5.02 Å². The van der Waals surface area contributed by atoms with E-state index in [0.29, 0.717) is 17.9 Å². The minimum Gasteiger partial charge on any atom is -0.495 e. The molecule has 2 aromatic carbocycles. The highest BCUT2D eigenvalue weighted by Crippen LogP contribution is 2.49.